The van der Waals surface area contributed by atoms with Crippen LogP contribution < -0.4 is 0 Å². The number of carbonyl (C=O) groups excluding carboxylic acids is 1. The molecule has 82 valence electrons. The van der Waals surface area contributed by atoms with Crippen LogP contribution in [0.2, 0.25) is 0 Å². The summed E-state index contributed by atoms with van der Waals surface area (Å²) in [6, 6.07) is 0. The van der Waals surface area contributed by atoms with E-state index < -0.39 is 5.54 Å². The van der Waals surface area contributed by atoms with Crippen LogP contribution in [0.15, 0.2) is 12.4 Å². The van der Waals surface area contributed by atoms with Crippen molar-refractivity contribution < 1.29 is 14.3 Å². The van der Waals surface area contributed by atoms with Gasteiger partial charge in [0.15, 0.2) is 5.54 Å². The lowest BCUT2D eigenvalue weighted by Crippen LogP contribution is -2.29. The van der Waals surface area contributed by atoms with Crippen LogP contribution in [0.3, 0.4) is 0 Å². The van der Waals surface area contributed by atoms with Crippen molar-refractivity contribution >= 4 is 5.97 Å². The number of methoxy groups -OCH3 is 2. The molecule has 0 spiro atoms. The van der Waals surface area contributed by atoms with Gasteiger partial charge < -0.3 is 9.47 Å². The Morgan fingerprint density at radius 3 is 2.87 bits per heavy atom. The number of rotatable bonds is 4. The lowest BCUT2D eigenvalue weighted by Gasteiger charge is -2.12. The summed E-state index contributed by atoms with van der Waals surface area (Å²) in [6.07, 6.45) is 5.15. The highest BCUT2D eigenvalue weighted by Crippen LogP contribution is 2.44. The van der Waals surface area contributed by atoms with E-state index >= 15 is 0 Å². The quantitative estimate of drug-likeness (QED) is 0.686. The van der Waals surface area contributed by atoms with Gasteiger partial charge in [-0.15, -0.1) is 0 Å². The van der Waals surface area contributed by atoms with Crippen molar-refractivity contribution in [1.29, 1.82) is 0 Å². The summed E-state index contributed by atoms with van der Waals surface area (Å²) >= 11 is 0. The second-order valence-electron chi connectivity index (χ2n) is 3.75. The van der Waals surface area contributed by atoms with Gasteiger partial charge in [-0.25, -0.2) is 4.79 Å². The highest BCUT2D eigenvalue weighted by molar-refractivity contribution is 5.81. The molecule has 5 heteroatoms. The second kappa shape index (κ2) is 3.66. The Balaban J connectivity index is 2.18. The van der Waals surface area contributed by atoms with E-state index in [0.717, 1.165) is 18.4 Å². The number of carbonyl (C=O) groups is 1. The van der Waals surface area contributed by atoms with E-state index in [1.54, 1.807) is 18.0 Å². The first kappa shape index (κ1) is 10.2. The Kier molecular flexibility index (Phi) is 2.48. The summed E-state index contributed by atoms with van der Waals surface area (Å²) in [7, 11) is 3.03. The van der Waals surface area contributed by atoms with Gasteiger partial charge in [0, 0.05) is 18.9 Å². The summed E-state index contributed by atoms with van der Waals surface area (Å²) in [5.74, 6) is -0.213. The van der Waals surface area contributed by atoms with Gasteiger partial charge in [-0.1, -0.05) is 0 Å². The summed E-state index contributed by atoms with van der Waals surface area (Å²) in [6.45, 7) is 0.511. The van der Waals surface area contributed by atoms with Crippen LogP contribution in [-0.4, -0.2) is 30.0 Å². The van der Waals surface area contributed by atoms with Gasteiger partial charge >= 0.3 is 5.97 Å². The minimum absolute atomic E-state index is 0.213. The number of aromatic nitrogens is 2. The highest BCUT2D eigenvalue weighted by Gasteiger charge is 2.53. The lowest BCUT2D eigenvalue weighted by atomic mass is 10.3. The molecule has 2 rings (SSSR count). The summed E-state index contributed by atoms with van der Waals surface area (Å²) in [4.78, 5) is 11.5. The molecule has 0 bridgehead atoms. The third-order valence-corrected chi connectivity index (χ3v) is 2.67. The minimum atomic E-state index is -0.541. The molecule has 0 unspecified atom stereocenters. The molecule has 0 saturated heterocycles. The number of esters is 1. The van der Waals surface area contributed by atoms with Crippen molar-refractivity contribution in [3.63, 3.8) is 0 Å². The van der Waals surface area contributed by atoms with E-state index in [0.29, 0.717) is 6.61 Å². The zero-order chi connectivity index (χ0) is 10.9. The van der Waals surface area contributed by atoms with E-state index in [9.17, 15) is 4.79 Å². The molecule has 5 nitrogen and oxygen atoms in total. The number of hydrogen-bond donors (Lipinski definition) is 0. The van der Waals surface area contributed by atoms with Crippen LogP contribution in [-0.2, 0) is 26.4 Å². The van der Waals surface area contributed by atoms with Crippen molar-refractivity contribution in [2.45, 2.75) is 25.0 Å². The first-order valence-corrected chi connectivity index (χ1v) is 4.84. The molecule has 0 atom stereocenters. The molecule has 0 aliphatic heterocycles. The molecule has 1 saturated carbocycles. The maximum absolute atomic E-state index is 11.5. The molecule has 1 aliphatic carbocycles. The standard InChI is InChI=1S/C10H14N2O3/c1-14-7-8-5-11-12(6-8)10(3-4-10)9(13)15-2/h5-6H,3-4,7H2,1-2H3. The predicted molar refractivity (Wildman–Crippen MR) is 52.2 cm³/mol. The first-order chi connectivity index (χ1) is 7.23. The van der Waals surface area contributed by atoms with E-state index in [1.165, 1.54) is 7.11 Å². The molecular formula is C10H14N2O3. The normalized spacial score (nSPS) is 17.5. The average molecular weight is 210 g/mol. The minimum Gasteiger partial charge on any atom is -0.467 e. The van der Waals surface area contributed by atoms with Crippen molar-refractivity contribution in [2.75, 3.05) is 14.2 Å². The Bertz CT molecular complexity index is 368. The van der Waals surface area contributed by atoms with Crippen molar-refractivity contribution in [3.05, 3.63) is 18.0 Å². The van der Waals surface area contributed by atoms with Crippen molar-refractivity contribution in [1.82, 2.24) is 9.78 Å². The van der Waals surface area contributed by atoms with Gasteiger partial charge in [-0.2, -0.15) is 5.10 Å². The van der Waals surface area contributed by atoms with Gasteiger partial charge in [0.05, 0.1) is 19.9 Å². The van der Waals surface area contributed by atoms with Gasteiger partial charge in [-0.05, 0) is 12.8 Å². The zero-order valence-electron chi connectivity index (χ0n) is 8.90. The first-order valence-electron chi connectivity index (χ1n) is 4.84. The molecule has 1 fully saturated rings. The van der Waals surface area contributed by atoms with E-state index in [4.69, 9.17) is 9.47 Å². The van der Waals surface area contributed by atoms with Crippen LogP contribution in [0.5, 0.6) is 0 Å². The number of hydrogen-bond acceptors (Lipinski definition) is 4. The fourth-order valence-electron chi connectivity index (χ4n) is 1.67. The summed E-state index contributed by atoms with van der Waals surface area (Å²) < 4.78 is 11.4. The third kappa shape index (κ3) is 1.63. The fourth-order valence-corrected chi connectivity index (χ4v) is 1.67. The maximum Gasteiger partial charge on any atom is 0.333 e. The Morgan fingerprint density at radius 2 is 2.33 bits per heavy atom. The topological polar surface area (TPSA) is 53.4 Å². The lowest BCUT2D eigenvalue weighted by molar-refractivity contribution is -0.146. The summed E-state index contributed by atoms with van der Waals surface area (Å²) in [5, 5.41) is 4.17. The van der Waals surface area contributed by atoms with E-state index in [1.807, 2.05) is 6.20 Å². The zero-order valence-corrected chi connectivity index (χ0v) is 8.90. The highest BCUT2D eigenvalue weighted by atomic mass is 16.5. The monoisotopic (exact) mass is 210 g/mol. The molecule has 1 aromatic heterocycles. The molecule has 0 amide bonds. The molecule has 0 N–H and O–H groups in total. The van der Waals surface area contributed by atoms with Gasteiger partial charge in [0.2, 0.25) is 0 Å². The Morgan fingerprint density at radius 1 is 1.60 bits per heavy atom. The van der Waals surface area contributed by atoms with Crippen molar-refractivity contribution in [2.24, 2.45) is 0 Å². The smallest absolute Gasteiger partial charge is 0.333 e. The number of nitrogens with zero attached hydrogens (tertiary/aromatic N) is 2. The number of ether oxygens (including phenoxy) is 2. The molecule has 1 aromatic rings. The maximum atomic E-state index is 11.5. The molecule has 0 aromatic carbocycles. The van der Waals surface area contributed by atoms with Crippen LogP contribution >= 0.6 is 0 Å². The molecule has 1 heterocycles. The van der Waals surface area contributed by atoms with Gasteiger partial charge in [-0.3, -0.25) is 4.68 Å². The SMILES string of the molecule is COCc1cnn(C2(C(=O)OC)CC2)c1. The van der Waals surface area contributed by atoms with E-state index in [-0.39, 0.29) is 5.97 Å². The largest absolute Gasteiger partial charge is 0.467 e. The van der Waals surface area contributed by atoms with Crippen LogP contribution in [0, 0.1) is 0 Å². The average Bonchev–Trinajstić information content (AvgIpc) is 2.93. The van der Waals surface area contributed by atoms with E-state index in [2.05, 4.69) is 5.10 Å². The predicted octanol–water partition coefficient (Wildman–Crippen LogP) is 0.692. The second-order valence-corrected chi connectivity index (χ2v) is 3.75. The van der Waals surface area contributed by atoms with Crippen LogP contribution in [0.25, 0.3) is 0 Å². The molecule has 1 aliphatic rings. The van der Waals surface area contributed by atoms with Gasteiger partial charge in [0.25, 0.3) is 0 Å². The van der Waals surface area contributed by atoms with Crippen LogP contribution in [0.1, 0.15) is 18.4 Å². The van der Waals surface area contributed by atoms with Crippen LogP contribution in [0.4, 0.5) is 0 Å². The third-order valence-electron chi connectivity index (χ3n) is 2.67. The molecule has 0 radical (unpaired) electrons. The Hall–Kier alpha value is -1.36. The molecule has 15 heavy (non-hydrogen) atoms. The summed E-state index contributed by atoms with van der Waals surface area (Å²) in [5.41, 5.74) is 0.425. The van der Waals surface area contributed by atoms with Gasteiger partial charge in [0.1, 0.15) is 0 Å². The molecular weight excluding hydrogens is 196 g/mol. The Labute approximate surface area is 88.0 Å². The fraction of sp³-hybridized carbons (Fsp3) is 0.600. The van der Waals surface area contributed by atoms with Crippen molar-refractivity contribution in [3.8, 4) is 0 Å².